The first-order valence-corrected chi connectivity index (χ1v) is 8.37. The van der Waals surface area contributed by atoms with Crippen molar-refractivity contribution in [1.82, 2.24) is 9.62 Å². The molecule has 0 aromatic heterocycles. The first-order valence-electron chi connectivity index (χ1n) is 6.93. The number of nitrogens with one attached hydrogen (secondary N) is 1. The maximum atomic E-state index is 12.6. The van der Waals surface area contributed by atoms with E-state index in [1.54, 1.807) is 30.3 Å². The van der Waals surface area contributed by atoms with Gasteiger partial charge in [-0.3, -0.25) is 0 Å². The molecule has 0 fully saturated rings. The Balaban J connectivity index is 2.90. The lowest BCUT2D eigenvalue weighted by atomic mass is 10.3. The summed E-state index contributed by atoms with van der Waals surface area (Å²) in [4.78, 5) is 0.263. The molecule has 0 spiro atoms. The van der Waals surface area contributed by atoms with Crippen molar-refractivity contribution < 1.29 is 13.2 Å². The lowest BCUT2D eigenvalue weighted by molar-refractivity contribution is 0.318. The third-order valence-electron chi connectivity index (χ3n) is 2.94. The number of ether oxygens (including phenoxy) is 1. The lowest BCUT2D eigenvalue weighted by Gasteiger charge is -2.24. The molecule has 0 heterocycles. The van der Waals surface area contributed by atoms with E-state index >= 15 is 0 Å². The Bertz CT molecular complexity index is 539. The molecule has 0 bridgehead atoms. The Kier molecular flexibility index (Phi) is 6.87. The molecule has 6 heteroatoms. The zero-order valence-corrected chi connectivity index (χ0v) is 13.7. The quantitative estimate of drug-likeness (QED) is 0.559. The largest absolute Gasteiger partial charge is 0.492 e. The molecule has 0 saturated carbocycles. The third kappa shape index (κ3) is 4.84. The fourth-order valence-corrected chi connectivity index (χ4v) is 3.44. The minimum absolute atomic E-state index is 0.125. The van der Waals surface area contributed by atoms with Crippen molar-refractivity contribution >= 4 is 10.0 Å². The van der Waals surface area contributed by atoms with E-state index in [0.717, 1.165) is 6.54 Å². The summed E-state index contributed by atoms with van der Waals surface area (Å²) >= 11 is 0. The number of likely N-dealkylation sites (N-methyl/N-ethyl adjacent to an activating group) is 1. The lowest BCUT2D eigenvalue weighted by Crippen LogP contribution is -2.36. The van der Waals surface area contributed by atoms with Crippen LogP contribution in [0, 0.1) is 0 Å². The Labute approximate surface area is 127 Å². The van der Waals surface area contributed by atoms with Crippen molar-refractivity contribution in [1.29, 1.82) is 0 Å². The third-order valence-corrected chi connectivity index (χ3v) is 4.99. The molecule has 118 valence electrons. The molecule has 1 aromatic carbocycles. The SMILES string of the molecule is C=CCN(C(C)C)S(=O)(=O)c1ccc(OCCNC)cc1. The molecule has 0 saturated heterocycles. The monoisotopic (exact) mass is 312 g/mol. The van der Waals surface area contributed by atoms with Crippen molar-refractivity contribution in [2.45, 2.75) is 24.8 Å². The van der Waals surface area contributed by atoms with Gasteiger partial charge in [0.25, 0.3) is 0 Å². The van der Waals surface area contributed by atoms with E-state index in [1.807, 2.05) is 20.9 Å². The van der Waals surface area contributed by atoms with Crippen molar-refractivity contribution in [3.05, 3.63) is 36.9 Å². The van der Waals surface area contributed by atoms with E-state index in [1.165, 1.54) is 4.31 Å². The Morgan fingerprint density at radius 2 is 1.95 bits per heavy atom. The summed E-state index contributed by atoms with van der Waals surface area (Å²) in [6.07, 6.45) is 1.59. The van der Waals surface area contributed by atoms with Gasteiger partial charge in [0.05, 0.1) is 4.90 Å². The summed E-state index contributed by atoms with van der Waals surface area (Å²) in [6.45, 7) is 8.87. The molecule has 0 aliphatic heterocycles. The Morgan fingerprint density at radius 3 is 2.43 bits per heavy atom. The summed E-state index contributed by atoms with van der Waals surface area (Å²) in [7, 11) is -1.66. The van der Waals surface area contributed by atoms with Gasteiger partial charge >= 0.3 is 0 Å². The number of nitrogens with zero attached hydrogens (tertiary/aromatic N) is 1. The van der Waals surface area contributed by atoms with Crippen molar-refractivity contribution in [2.24, 2.45) is 0 Å². The Hall–Kier alpha value is -1.37. The normalized spacial score (nSPS) is 11.9. The fraction of sp³-hybridized carbons (Fsp3) is 0.467. The van der Waals surface area contributed by atoms with Crippen LogP contribution in [0.3, 0.4) is 0 Å². The van der Waals surface area contributed by atoms with Gasteiger partial charge in [-0.15, -0.1) is 6.58 Å². The van der Waals surface area contributed by atoms with Crippen molar-refractivity contribution in [2.75, 3.05) is 26.7 Å². The van der Waals surface area contributed by atoms with Crippen LogP contribution in [0.25, 0.3) is 0 Å². The second kappa shape index (κ2) is 8.17. The molecule has 0 amide bonds. The first-order chi connectivity index (χ1) is 9.93. The van der Waals surface area contributed by atoms with E-state index in [4.69, 9.17) is 4.74 Å². The second-order valence-corrected chi connectivity index (χ2v) is 6.77. The van der Waals surface area contributed by atoms with Crippen molar-refractivity contribution in [3.63, 3.8) is 0 Å². The fourth-order valence-electron chi connectivity index (χ4n) is 1.83. The molecule has 21 heavy (non-hydrogen) atoms. The molecule has 0 atom stereocenters. The maximum absolute atomic E-state index is 12.6. The van der Waals surface area contributed by atoms with Crippen LogP contribution in [0.2, 0.25) is 0 Å². The van der Waals surface area contributed by atoms with E-state index in [0.29, 0.717) is 18.9 Å². The summed E-state index contributed by atoms with van der Waals surface area (Å²) in [5.74, 6) is 0.656. The molecule has 5 nitrogen and oxygen atoms in total. The highest BCUT2D eigenvalue weighted by Crippen LogP contribution is 2.21. The number of hydrogen-bond donors (Lipinski definition) is 1. The van der Waals surface area contributed by atoms with Gasteiger partial charge in [-0.2, -0.15) is 4.31 Å². The highest BCUT2D eigenvalue weighted by atomic mass is 32.2. The van der Waals surface area contributed by atoms with Gasteiger partial charge in [-0.25, -0.2) is 8.42 Å². The topological polar surface area (TPSA) is 58.6 Å². The van der Waals surface area contributed by atoms with Crippen LogP contribution in [0.1, 0.15) is 13.8 Å². The first kappa shape index (κ1) is 17.7. The zero-order valence-electron chi connectivity index (χ0n) is 12.9. The molecule has 1 rings (SSSR count). The molecule has 0 aliphatic rings. The molecule has 0 unspecified atom stereocenters. The predicted molar refractivity (Wildman–Crippen MR) is 85.1 cm³/mol. The molecule has 0 aliphatic carbocycles. The van der Waals surface area contributed by atoms with Crippen LogP contribution in [-0.4, -0.2) is 45.5 Å². The highest BCUT2D eigenvalue weighted by molar-refractivity contribution is 7.89. The standard InChI is InChI=1S/C15H24N2O3S/c1-5-11-17(13(2)3)21(18,19)15-8-6-14(7-9-15)20-12-10-16-4/h5-9,13,16H,1,10-12H2,2-4H3. The van der Waals surface area contributed by atoms with Gasteiger partial charge in [-0.1, -0.05) is 6.08 Å². The van der Waals surface area contributed by atoms with Gasteiger partial charge < -0.3 is 10.1 Å². The Morgan fingerprint density at radius 1 is 1.33 bits per heavy atom. The summed E-state index contributed by atoms with van der Waals surface area (Å²) in [5.41, 5.74) is 0. The number of sulfonamides is 1. The highest BCUT2D eigenvalue weighted by Gasteiger charge is 2.25. The van der Waals surface area contributed by atoms with E-state index in [-0.39, 0.29) is 10.9 Å². The van der Waals surface area contributed by atoms with Gasteiger partial charge in [0.2, 0.25) is 10.0 Å². The summed E-state index contributed by atoms with van der Waals surface area (Å²) < 4.78 is 32.0. The van der Waals surface area contributed by atoms with Crippen LogP contribution in [0.4, 0.5) is 0 Å². The average Bonchev–Trinajstić information content (AvgIpc) is 2.45. The van der Waals surface area contributed by atoms with Gasteiger partial charge in [-0.05, 0) is 45.2 Å². The minimum Gasteiger partial charge on any atom is -0.492 e. The summed E-state index contributed by atoms with van der Waals surface area (Å²) in [5, 5.41) is 2.98. The van der Waals surface area contributed by atoms with Gasteiger partial charge in [0.1, 0.15) is 12.4 Å². The van der Waals surface area contributed by atoms with Crippen LogP contribution in [0.15, 0.2) is 41.8 Å². The van der Waals surface area contributed by atoms with E-state index in [2.05, 4.69) is 11.9 Å². The number of benzene rings is 1. The second-order valence-electron chi connectivity index (χ2n) is 4.88. The molecular weight excluding hydrogens is 288 g/mol. The zero-order chi connectivity index (χ0) is 15.9. The van der Waals surface area contributed by atoms with Crippen LogP contribution < -0.4 is 10.1 Å². The predicted octanol–water partition coefficient (Wildman–Crippen LogP) is 1.87. The van der Waals surface area contributed by atoms with Crippen LogP contribution in [-0.2, 0) is 10.0 Å². The van der Waals surface area contributed by atoms with Crippen LogP contribution in [0.5, 0.6) is 5.75 Å². The summed E-state index contributed by atoms with van der Waals surface area (Å²) in [6, 6.07) is 6.37. The number of rotatable bonds is 9. The van der Waals surface area contributed by atoms with Gasteiger partial charge in [0, 0.05) is 19.1 Å². The molecular formula is C15H24N2O3S. The van der Waals surface area contributed by atoms with E-state index < -0.39 is 10.0 Å². The average molecular weight is 312 g/mol. The molecule has 1 N–H and O–H groups in total. The maximum Gasteiger partial charge on any atom is 0.243 e. The van der Waals surface area contributed by atoms with Crippen molar-refractivity contribution in [3.8, 4) is 5.75 Å². The van der Waals surface area contributed by atoms with E-state index in [9.17, 15) is 8.42 Å². The van der Waals surface area contributed by atoms with Crippen LogP contribution >= 0.6 is 0 Å². The molecule has 0 radical (unpaired) electrons. The number of hydrogen-bond acceptors (Lipinski definition) is 4. The smallest absolute Gasteiger partial charge is 0.243 e. The minimum atomic E-state index is -3.51. The van der Waals surface area contributed by atoms with Gasteiger partial charge in [0.15, 0.2) is 0 Å². The molecule has 1 aromatic rings.